The number of rotatable bonds is 4. The number of carbonyl (C=O) groups is 1. The third-order valence-electron chi connectivity index (χ3n) is 3.00. The molecule has 0 aromatic heterocycles. The van der Waals surface area contributed by atoms with Crippen molar-refractivity contribution in [3.8, 4) is 0 Å². The molecule has 0 saturated heterocycles. The van der Waals surface area contributed by atoms with Crippen LogP contribution >= 0.6 is 0 Å². The Hall–Kier alpha value is -2.13. The zero-order valence-electron chi connectivity index (χ0n) is 10.9. The minimum Gasteiger partial charge on any atom is -0.506 e. The lowest BCUT2D eigenvalue weighted by Crippen LogP contribution is -2.60. The molecule has 0 atom stereocenters. The molecule has 0 amide bonds. The average Bonchev–Trinajstić information content (AvgIpc) is 2.46. The van der Waals surface area contributed by atoms with Gasteiger partial charge in [0, 0.05) is 6.92 Å². The minimum absolute atomic E-state index is 0.278. The second-order valence-corrected chi connectivity index (χ2v) is 7.50. The van der Waals surface area contributed by atoms with Gasteiger partial charge in [0.05, 0.1) is 0 Å². The molecule has 19 heavy (non-hydrogen) atoms. The largest absolute Gasteiger partial charge is 0.506 e. The number of hydrogen-bond donors (Lipinski definition) is 0. The SMILES string of the molecule is C=C[Si](OC(C)=O)(c1ccccc1)c1ccccc1. The maximum absolute atomic E-state index is 11.5. The Labute approximate surface area is 114 Å². The molecule has 0 heterocycles. The van der Waals surface area contributed by atoms with E-state index in [-0.39, 0.29) is 5.97 Å². The second kappa shape index (κ2) is 5.67. The fourth-order valence-electron chi connectivity index (χ4n) is 2.16. The van der Waals surface area contributed by atoms with E-state index in [1.54, 1.807) is 5.70 Å². The zero-order valence-corrected chi connectivity index (χ0v) is 11.9. The first-order valence-electron chi connectivity index (χ1n) is 6.13. The highest BCUT2D eigenvalue weighted by molar-refractivity contribution is 7.02. The van der Waals surface area contributed by atoms with Crippen LogP contribution in [-0.2, 0) is 9.22 Å². The highest BCUT2D eigenvalue weighted by Gasteiger charge is 2.39. The predicted molar refractivity (Wildman–Crippen MR) is 79.9 cm³/mol. The molecule has 0 radical (unpaired) electrons. The van der Waals surface area contributed by atoms with Crippen molar-refractivity contribution in [1.29, 1.82) is 0 Å². The molecular formula is C16H16O2Si. The number of carbonyl (C=O) groups excluding carboxylic acids is 1. The van der Waals surface area contributed by atoms with Gasteiger partial charge in [0.2, 0.25) is 0 Å². The molecule has 0 N–H and O–H groups in total. The first-order valence-corrected chi connectivity index (χ1v) is 8.12. The topological polar surface area (TPSA) is 26.3 Å². The van der Waals surface area contributed by atoms with Crippen molar-refractivity contribution in [2.24, 2.45) is 0 Å². The van der Waals surface area contributed by atoms with Gasteiger partial charge in [-0.05, 0) is 10.4 Å². The third kappa shape index (κ3) is 2.66. The van der Waals surface area contributed by atoms with Gasteiger partial charge in [0.1, 0.15) is 0 Å². The lowest BCUT2D eigenvalue weighted by molar-refractivity contribution is -0.132. The van der Waals surface area contributed by atoms with Gasteiger partial charge in [-0.25, -0.2) is 0 Å². The Morgan fingerprint density at radius 1 is 1.00 bits per heavy atom. The lowest BCUT2D eigenvalue weighted by Gasteiger charge is -2.28. The molecule has 0 aliphatic heterocycles. The lowest BCUT2D eigenvalue weighted by atomic mass is 10.4. The maximum Gasteiger partial charge on any atom is 0.342 e. The van der Waals surface area contributed by atoms with E-state index in [0.29, 0.717) is 0 Å². The molecule has 3 heteroatoms. The molecule has 0 bridgehead atoms. The Balaban J connectivity index is 2.61. The fraction of sp³-hybridized carbons (Fsp3) is 0.0625. The number of benzene rings is 2. The molecule has 2 nitrogen and oxygen atoms in total. The van der Waals surface area contributed by atoms with E-state index in [0.717, 1.165) is 10.4 Å². The summed E-state index contributed by atoms with van der Waals surface area (Å²) in [5, 5.41) is 2.04. The smallest absolute Gasteiger partial charge is 0.342 e. The van der Waals surface area contributed by atoms with Gasteiger partial charge in [-0.3, -0.25) is 4.79 Å². The van der Waals surface area contributed by atoms with E-state index in [4.69, 9.17) is 4.43 Å². The molecule has 0 aliphatic rings. The van der Waals surface area contributed by atoms with Crippen molar-refractivity contribution in [2.45, 2.75) is 6.92 Å². The van der Waals surface area contributed by atoms with E-state index >= 15 is 0 Å². The van der Waals surface area contributed by atoms with Crippen LogP contribution in [-0.4, -0.2) is 14.3 Å². The van der Waals surface area contributed by atoms with Gasteiger partial charge in [0.15, 0.2) is 0 Å². The Morgan fingerprint density at radius 3 is 1.74 bits per heavy atom. The summed E-state index contributed by atoms with van der Waals surface area (Å²) in [6, 6.07) is 19.7. The summed E-state index contributed by atoms with van der Waals surface area (Å²) in [6.45, 7) is 5.37. The standard InChI is InChI=1S/C16H16O2Si/c1-3-19(18-14(2)17,15-10-6-4-7-11-15)16-12-8-5-9-13-16/h3-13H,1H2,2H3. The van der Waals surface area contributed by atoms with Crippen molar-refractivity contribution in [1.82, 2.24) is 0 Å². The molecular weight excluding hydrogens is 252 g/mol. The van der Waals surface area contributed by atoms with Crippen molar-refractivity contribution >= 4 is 24.7 Å². The summed E-state index contributed by atoms with van der Waals surface area (Å²) in [5.74, 6) is -0.278. The van der Waals surface area contributed by atoms with Crippen LogP contribution in [0.1, 0.15) is 6.92 Å². The molecule has 0 aliphatic carbocycles. The van der Waals surface area contributed by atoms with Crippen LogP contribution in [0, 0.1) is 0 Å². The molecule has 2 aromatic rings. The van der Waals surface area contributed by atoms with Gasteiger partial charge in [-0.1, -0.05) is 66.4 Å². The van der Waals surface area contributed by atoms with Gasteiger partial charge >= 0.3 is 8.32 Å². The predicted octanol–water partition coefficient (Wildman–Crippen LogP) is 2.03. The van der Waals surface area contributed by atoms with Crippen molar-refractivity contribution in [3.63, 3.8) is 0 Å². The highest BCUT2D eigenvalue weighted by Crippen LogP contribution is 2.09. The van der Waals surface area contributed by atoms with Gasteiger partial charge in [0.25, 0.3) is 5.97 Å². The maximum atomic E-state index is 11.5. The highest BCUT2D eigenvalue weighted by atomic mass is 28.4. The van der Waals surface area contributed by atoms with Crippen LogP contribution in [0.3, 0.4) is 0 Å². The fourth-order valence-corrected chi connectivity index (χ4v) is 5.11. The second-order valence-electron chi connectivity index (χ2n) is 4.27. The molecule has 0 spiro atoms. The Morgan fingerprint density at radius 2 is 1.42 bits per heavy atom. The van der Waals surface area contributed by atoms with E-state index in [2.05, 4.69) is 6.58 Å². The normalized spacial score (nSPS) is 10.8. The minimum atomic E-state index is -2.67. The third-order valence-corrected chi connectivity index (χ3v) is 6.56. The Bertz CT molecular complexity index is 524. The summed E-state index contributed by atoms with van der Waals surface area (Å²) < 4.78 is 5.74. The van der Waals surface area contributed by atoms with Crippen LogP contribution < -0.4 is 10.4 Å². The molecule has 2 aromatic carbocycles. The molecule has 0 fully saturated rings. The summed E-state index contributed by atoms with van der Waals surface area (Å²) in [7, 11) is -2.67. The summed E-state index contributed by atoms with van der Waals surface area (Å²) in [6.07, 6.45) is 0. The van der Waals surface area contributed by atoms with Gasteiger partial charge in [-0.15, -0.1) is 6.58 Å². The summed E-state index contributed by atoms with van der Waals surface area (Å²) in [4.78, 5) is 11.5. The monoisotopic (exact) mass is 268 g/mol. The van der Waals surface area contributed by atoms with Crippen LogP contribution in [0.25, 0.3) is 0 Å². The van der Waals surface area contributed by atoms with Crippen LogP contribution in [0.2, 0.25) is 0 Å². The van der Waals surface area contributed by atoms with E-state index in [9.17, 15) is 4.79 Å². The summed E-state index contributed by atoms with van der Waals surface area (Å²) in [5.41, 5.74) is 1.80. The van der Waals surface area contributed by atoms with Crippen molar-refractivity contribution in [3.05, 3.63) is 72.9 Å². The number of hydrogen-bond acceptors (Lipinski definition) is 2. The van der Waals surface area contributed by atoms with E-state index in [1.807, 2.05) is 60.7 Å². The van der Waals surface area contributed by atoms with Crippen molar-refractivity contribution < 1.29 is 9.22 Å². The van der Waals surface area contributed by atoms with Crippen LogP contribution in [0.15, 0.2) is 72.9 Å². The first kappa shape index (κ1) is 13.3. The first-order chi connectivity index (χ1) is 9.19. The van der Waals surface area contributed by atoms with Gasteiger partial charge in [-0.2, -0.15) is 0 Å². The van der Waals surface area contributed by atoms with Crippen molar-refractivity contribution in [2.75, 3.05) is 0 Å². The summed E-state index contributed by atoms with van der Waals surface area (Å²) >= 11 is 0. The average molecular weight is 268 g/mol. The molecule has 0 saturated carbocycles. The van der Waals surface area contributed by atoms with Gasteiger partial charge < -0.3 is 4.43 Å². The quantitative estimate of drug-likeness (QED) is 0.793. The van der Waals surface area contributed by atoms with Crippen LogP contribution in [0.4, 0.5) is 0 Å². The van der Waals surface area contributed by atoms with Crippen LogP contribution in [0.5, 0.6) is 0 Å². The molecule has 96 valence electrons. The van der Waals surface area contributed by atoms with E-state index < -0.39 is 8.32 Å². The zero-order chi connectivity index (χ0) is 13.7. The Kier molecular flexibility index (Phi) is 3.97. The molecule has 2 rings (SSSR count). The molecule has 0 unspecified atom stereocenters. The van der Waals surface area contributed by atoms with E-state index in [1.165, 1.54) is 6.92 Å².